The van der Waals surface area contributed by atoms with E-state index < -0.39 is 0 Å². The smallest absolute Gasteiger partial charge is 0.142 e. The standard InChI is InChI=1S/C12H13N3O/c13-8-11-2-1-3-12(14-11)15-6-4-10(9-16)5-7-15/h1-3,9-10H,4-7H2. The molecule has 0 bridgehead atoms. The van der Waals surface area contributed by atoms with Gasteiger partial charge in [-0.25, -0.2) is 4.98 Å². The Labute approximate surface area is 94.5 Å². The van der Waals surface area contributed by atoms with Gasteiger partial charge in [0.2, 0.25) is 0 Å². The van der Waals surface area contributed by atoms with Gasteiger partial charge < -0.3 is 9.69 Å². The minimum Gasteiger partial charge on any atom is -0.357 e. The van der Waals surface area contributed by atoms with E-state index in [9.17, 15) is 4.79 Å². The molecule has 0 unspecified atom stereocenters. The summed E-state index contributed by atoms with van der Waals surface area (Å²) in [5.74, 6) is 1.03. The van der Waals surface area contributed by atoms with Gasteiger partial charge in [0.1, 0.15) is 23.9 Å². The normalized spacial score (nSPS) is 16.8. The first-order chi connectivity index (χ1) is 7.83. The van der Waals surface area contributed by atoms with Crippen molar-refractivity contribution in [3.8, 4) is 6.07 Å². The predicted molar refractivity (Wildman–Crippen MR) is 60.0 cm³/mol. The minimum atomic E-state index is 0.190. The molecule has 1 fully saturated rings. The molecule has 82 valence electrons. The third-order valence-electron chi connectivity index (χ3n) is 2.91. The average Bonchev–Trinajstić information content (AvgIpc) is 2.39. The van der Waals surface area contributed by atoms with Gasteiger partial charge in [-0.2, -0.15) is 5.26 Å². The Hall–Kier alpha value is -1.89. The SMILES string of the molecule is N#Cc1cccc(N2CCC(C=O)CC2)n1. The van der Waals surface area contributed by atoms with Gasteiger partial charge in [0.25, 0.3) is 0 Å². The summed E-state index contributed by atoms with van der Waals surface area (Å²) in [5, 5.41) is 8.76. The number of piperidine rings is 1. The molecule has 0 spiro atoms. The van der Waals surface area contributed by atoms with Crippen molar-refractivity contribution >= 4 is 12.1 Å². The van der Waals surface area contributed by atoms with Crippen molar-refractivity contribution in [1.29, 1.82) is 5.26 Å². The summed E-state index contributed by atoms with van der Waals surface area (Å²) in [6.45, 7) is 1.68. The highest BCUT2D eigenvalue weighted by molar-refractivity contribution is 5.54. The number of hydrogen-bond acceptors (Lipinski definition) is 4. The number of aldehydes is 1. The van der Waals surface area contributed by atoms with E-state index in [-0.39, 0.29) is 5.92 Å². The van der Waals surface area contributed by atoms with Gasteiger partial charge in [0.15, 0.2) is 0 Å². The zero-order chi connectivity index (χ0) is 11.4. The van der Waals surface area contributed by atoms with Crippen LogP contribution in [0.5, 0.6) is 0 Å². The van der Waals surface area contributed by atoms with Crippen LogP contribution >= 0.6 is 0 Å². The second-order valence-corrected chi connectivity index (χ2v) is 3.95. The topological polar surface area (TPSA) is 57.0 Å². The molecule has 4 heteroatoms. The number of anilines is 1. The number of carbonyl (C=O) groups is 1. The van der Waals surface area contributed by atoms with Gasteiger partial charge in [-0.1, -0.05) is 6.07 Å². The van der Waals surface area contributed by atoms with Gasteiger partial charge in [-0.15, -0.1) is 0 Å². The number of hydrogen-bond donors (Lipinski definition) is 0. The molecule has 1 saturated heterocycles. The summed E-state index contributed by atoms with van der Waals surface area (Å²) in [5.41, 5.74) is 0.440. The molecule has 1 aliphatic heterocycles. The Morgan fingerprint density at radius 1 is 1.44 bits per heavy atom. The fourth-order valence-electron chi connectivity index (χ4n) is 1.93. The zero-order valence-corrected chi connectivity index (χ0v) is 8.97. The maximum absolute atomic E-state index is 10.6. The highest BCUT2D eigenvalue weighted by atomic mass is 16.1. The van der Waals surface area contributed by atoms with Crippen molar-refractivity contribution in [3.05, 3.63) is 23.9 Å². The second-order valence-electron chi connectivity index (χ2n) is 3.95. The van der Waals surface area contributed by atoms with E-state index in [2.05, 4.69) is 9.88 Å². The molecule has 0 amide bonds. The van der Waals surface area contributed by atoms with E-state index in [1.807, 2.05) is 18.2 Å². The molecule has 0 aliphatic carbocycles. The summed E-state index contributed by atoms with van der Waals surface area (Å²) >= 11 is 0. The number of carbonyl (C=O) groups excluding carboxylic acids is 1. The van der Waals surface area contributed by atoms with E-state index >= 15 is 0 Å². The van der Waals surface area contributed by atoms with Gasteiger partial charge in [-0.3, -0.25) is 0 Å². The lowest BCUT2D eigenvalue weighted by atomic mass is 9.99. The summed E-state index contributed by atoms with van der Waals surface area (Å²) in [6, 6.07) is 7.47. The fraction of sp³-hybridized carbons (Fsp3) is 0.417. The largest absolute Gasteiger partial charge is 0.357 e. The highest BCUT2D eigenvalue weighted by Gasteiger charge is 2.19. The molecule has 4 nitrogen and oxygen atoms in total. The number of nitrogens with zero attached hydrogens (tertiary/aromatic N) is 3. The molecule has 0 N–H and O–H groups in total. The maximum atomic E-state index is 10.6. The van der Waals surface area contributed by atoms with Gasteiger partial charge in [0.05, 0.1) is 0 Å². The molecule has 0 aromatic carbocycles. The first-order valence-corrected chi connectivity index (χ1v) is 5.41. The number of aromatic nitrogens is 1. The molecule has 2 heterocycles. The van der Waals surface area contributed by atoms with E-state index in [4.69, 9.17) is 5.26 Å². The Morgan fingerprint density at radius 3 is 2.81 bits per heavy atom. The highest BCUT2D eigenvalue weighted by Crippen LogP contribution is 2.20. The van der Waals surface area contributed by atoms with Gasteiger partial charge in [-0.05, 0) is 25.0 Å². The first-order valence-electron chi connectivity index (χ1n) is 5.41. The average molecular weight is 215 g/mol. The Balaban J connectivity index is 2.08. The number of pyridine rings is 1. The van der Waals surface area contributed by atoms with Crippen LogP contribution in [0.15, 0.2) is 18.2 Å². The quantitative estimate of drug-likeness (QED) is 0.699. The summed E-state index contributed by atoms with van der Waals surface area (Å²) < 4.78 is 0. The fourth-order valence-corrected chi connectivity index (χ4v) is 1.93. The summed E-state index contributed by atoms with van der Waals surface area (Å²) in [6.07, 6.45) is 2.79. The molecule has 16 heavy (non-hydrogen) atoms. The van der Waals surface area contributed by atoms with Crippen LogP contribution < -0.4 is 4.90 Å². The van der Waals surface area contributed by atoms with Crippen molar-refractivity contribution < 1.29 is 4.79 Å². The molecule has 2 rings (SSSR count). The van der Waals surface area contributed by atoms with Gasteiger partial charge >= 0.3 is 0 Å². The molecular formula is C12H13N3O. The number of nitriles is 1. The van der Waals surface area contributed by atoms with Crippen molar-refractivity contribution in [3.63, 3.8) is 0 Å². The second kappa shape index (κ2) is 4.75. The molecule has 0 saturated carbocycles. The molecule has 0 atom stereocenters. The third kappa shape index (κ3) is 2.19. The van der Waals surface area contributed by atoms with E-state index in [1.165, 1.54) is 0 Å². The summed E-state index contributed by atoms with van der Waals surface area (Å²) in [7, 11) is 0. The molecule has 1 aromatic heterocycles. The monoisotopic (exact) mass is 215 g/mol. The Kier molecular flexibility index (Phi) is 3.16. The molecule has 0 radical (unpaired) electrons. The Morgan fingerprint density at radius 2 is 2.19 bits per heavy atom. The van der Waals surface area contributed by atoms with Crippen LogP contribution in [-0.4, -0.2) is 24.4 Å². The summed E-state index contributed by atoms with van der Waals surface area (Å²) in [4.78, 5) is 17.0. The van der Waals surface area contributed by atoms with E-state index in [0.29, 0.717) is 5.69 Å². The van der Waals surface area contributed by atoms with Crippen LogP contribution in [0, 0.1) is 17.2 Å². The van der Waals surface area contributed by atoms with Crippen molar-refractivity contribution in [1.82, 2.24) is 4.98 Å². The van der Waals surface area contributed by atoms with Crippen LogP contribution in [0.3, 0.4) is 0 Å². The lowest BCUT2D eigenvalue weighted by Gasteiger charge is -2.30. The van der Waals surface area contributed by atoms with E-state index in [1.54, 1.807) is 6.07 Å². The van der Waals surface area contributed by atoms with Gasteiger partial charge in [0, 0.05) is 19.0 Å². The maximum Gasteiger partial charge on any atom is 0.142 e. The lowest BCUT2D eigenvalue weighted by molar-refractivity contribution is -0.111. The minimum absolute atomic E-state index is 0.190. The third-order valence-corrected chi connectivity index (χ3v) is 2.91. The van der Waals surface area contributed by atoms with E-state index in [0.717, 1.165) is 38.0 Å². The molecule has 1 aliphatic rings. The zero-order valence-electron chi connectivity index (χ0n) is 8.97. The van der Waals surface area contributed by atoms with Crippen LogP contribution in [0.2, 0.25) is 0 Å². The van der Waals surface area contributed by atoms with Crippen molar-refractivity contribution in [2.45, 2.75) is 12.8 Å². The lowest BCUT2D eigenvalue weighted by Crippen LogP contribution is -2.34. The van der Waals surface area contributed by atoms with Crippen LogP contribution in [0.25, 0.3) is 0 Å². The predicted octanol–water partition coefficient (Wildman–Crippen LogP) is 1.37. The van der Waals surface area contributed by atoms with Crippen LogP contribution in [0.1, 0.15) is 18.5 Å². The first kappa shape index (κ1) is 10.6. The number of rotatable bonds is 2. The van der Waals surface area contributed by atoms with Crippen molar-refractivity contribution in [2.75, 3.05) is 18.0 Å². The molecule has 1 aromatic rings. The Bertz CT molecular complexity index is 417. The van der Waals surface area contributed by atoms with Crippen LogP contribution in [0.4, 0.5) is 5.82 Å². The molecular weight excluding hydrogens is 202 g/mol. The van der Waals surface area contributed by atoms with Crippen molar-refractivity contribution in [2.24, 2.45) is 5.92 Å². The van der Waals surface area contributed by atoms with Crippen LogP contribution in [-0.2, 0) is 4.79 Å².